The Bertz CT molecular complexity index is 1530. The van der Waals surface area contributed by atoms with Crippen molar-refractivity contribution in [3.8, 4) is 22.3 Å². The van der Waals surface area contributed by atoms with E-state index >= 15 is 0 Å². The van der Waals surface area contributed by atoms with Crippen molar-refractivity contribution >= 4 is 29.2 Å². The van der Waals surface area contributed by atoms with Crippen LogP contribution in [0.1, 0.15) is 43.4 Å². The van der Waals surface area contributed by atoms with E-state index in [0.29, 0.717) is 7.25 Å². The average molecular weight is 609 g/mol. The first-order valence-corrected chi connectivity index (χ1v) is 24.9. The summed E-state index contributed by atoms with van der Waals surface area (Å²) in [6, 6.07) is 35.7. The van der Waals surface area contributed by atoms with Gasteiger partial charge in [0.1, 0.15) is 0 Å². The Kier molecular flexibility index (Phi) is 7.10. The van der Waals surface area contributed by atoms with Gasteiger partial charge in [-0.25, -0.2) is 0 Å². The Balaban J connectivity index is 1.56. The van der Waals surface area contributed by atoms with Crippen molar-refractivity contribution in [3.05, 3.63) is 130 Å². The molecule has 0 heterocycles. The van der Waals surface area contributed by atoms with Crippen molar-refractivity contribution in [3.63, 3.8) is 0 Å². The number of allylic oxidation sites excluding steroid dienone is 2. The molecular formula is C35H34ClSiZr. The molecule has 4 aromatic carbocycles. The normalized spacial score (nSPS) is 19.3. The molecule has 2 unspecified atom stereocenters. The van der Waals surface area contributed by atoms with Crippen LogP contribution in [0, 0.1) is 0 Å². The quantitative estimate of drug-likeness (QED) is 0.156. The van der Waals surface area contributed by atoms with Crippen molar-refractivity contribution in [1.29, 1.82) is 0 Å². The Hall–Kier alpha value is -2.25. The number of rotatable bonds is 5. The SMILES string of the molecule is CC1=Cc2c(-c3ccccc3)cccc2[CH]1[Zr]([CH2]Cl)([CH]1C(C)=Cc2c(-c3ccccc3)cccc21)=[Si](C)C. The number of hydrogen-bond donors (Lipinski definition) is 0. The standard InChI is InChI=1S/2C16H13.C2H6Si.CH2Cl.Zr/c2*1-12-10-14-8-5-9-15(16(14)11-12)13-6-3-2-4-7-13;1-3-2;1-2;/h2*2-11H,1H3;1-2H3;1H2;. The van der Waals surface area contributed by atoms with Gasteiger partial charge in [0, 0.05) is 0 Å². The van der Waals surface area contributed by atoms with Crippen LogP contribution in [0.2, 0.25) is 13.1 Å². The van der Waals surface area contributed by atoms with E-state index < -0.39 is 24.3 Å². The van der Waals surface area contributed by atoms with Crippen molar-refractivity contribution in [1.82, 2.24) is 0 Å². The van der Waals surface area contributed by atoms with Crippen molar-refractivity contribution < 1.29 is 18.9 Å². The predicted octanol–water partition coefficient (Wildman–Crippen LogP) is 10.2. The van der Waals surface area contributed by atoms with E-state index in [0.717, 1.165) is 3.59 Å². The summed E-state index contributed by atoms with van der Waals surface area (Å²) in [5.41, 5.74) is 13.6. The summed E-state index contributed by atoms with van der Waals surface area (Å²) in [6.45, 7) is 9.92. The van der Waals surface area contributed by atoms with Gasteiger partial charge in [-0.3, -0.25) is 0 Å². The molecule has 0 radical (unpaired) electrons. The van der Waals surface area contributed by atoms with E-state index in [1.165, 1.54) is 55.7 Å². The molecule has 3 heteroatoms. The molecule has 2 aliphatic carbocycles. The topological polar surface area (TPSA) is 0 Å². The summed E-state index contributed by atoms with van der Waals surface area (Å²) in [5.74, 6) is 0. The van der Waals surface area contributed by atoms with Crippen LogP contribution in [0.3, 0.4) is 0 Å². The van der Waals surface area contributed by atoms with Crippen molar-refractivity contribution in [2.75, 3.05) is 3.59 Å². The first kappa shape index (κ1) is 26.0. The van der Waals surface area contributed by atoms with Gasteiger partial charge in [0.2, 0.25) is 0 Å². The van der Waals surface area contributed by atoms with E-state index in [2.05, 4.69) is 136 Å². The second-order valence-electron chi connectivity index (χ2n) is 11.2. The molecule has 6 rings (SSSR count). The van der Waals surface area contributed by atoms with E-state index in [-0.39, 0.29) is 0 Å². The summed E-state index contributed by atoms with van der Waals surface area (Å²) in [6.07, 6.45) is 5.00. The molecular weight excluding hydrogens is 575 g/mol. The fourth-order valence-electron chi connectivity index (χ4n) is 7.24. The van der Waals surface area contributed by atoms with E-state index in [9.17, 15) is 0 Å². The zero-order valence-electron chi connectivity index (χ0n) is 22.6. The van der Waals surface area contributed by atoms with E-state index in [1.54, 1.807) is 0 Å². The molecule has 0 saturated carbocycles. The molecule has 0 aliphatic heterocycles. The molecule has 0 amide bonds. The zero-order valence-corrected chi connectivity index (χ0v) is 26.8. The van der Waals surface area contributed by atoms with Gasteiger partial charge >= 0.3 is 239 Å². The Labute approximate surface area is 237 Å². The molecule has 189 valence electrons. The third-order valence-electron chi connectivity index (χ3n) is 8.91. The molecule has 2 aliphatic rings. The van der Waals surface area contributed by atoms with Crippen molar-refractivity contribution in [2.24, 2.45) is 0 Å². The summed E-state index contributed by atoms with van der Waals surface area (Å²) in [4.78, 5) is 0. The van der Waals surface area contributed by atoms with Crippen LogP contribution in [0.25, 0.3) is 34.4 Å². The summed E-state index contributed by atoms with van der Waals surface area (Å²) < 4.78 is 1.86. The van der Waals surface area contributed by atoms with Gasteiger partial charge in [0.25, 0.3) is 0 Å². The molecule has 0 saturated heterocycles. The molecule has 0 aromatic heterocycles. The second kappa shape index (κ2) is 10.4. The van der Waals surface area contributed by atoms with Gasteiger partial charge in [-0.05, 0) is 0 Å². The monoisotopic (exact) mass is 607 g/mol. The molecule has 0 nitrogen and oxygen atoms in total. The fraction of sp³-hybridized carbons (Fsp3) is 0.200. The first-order chi connectivity index (χ1) is 18.5. The molecule has 2 atom stereocenters. The molecule has 0 bridgehead atoms. The zero-order chi connectivity index (χ0) is 26.4. The summed E-state index contributed by atoms with van der Waals surface area (Å²) >= 11 is 4.14. The molecule has 4 aromatic rings. The van der Waals surface area contributed by atoms with Crippen LogP contribution in [0.4, 0.5) is 0 Å². The Morgan fingerprint density at radius 3 is 1.39 bits per heavy atom. The number of hydrogen-bond acceptors (Lipinski definition) is 0. The maximum atomic E-state index is 7.32. The number of halogens is 1. The van der Waals surface area contributed by atoms with Crippen LogP contribution < -0.4 is 0 Å². The van der Waals surface area contributed by atoms with E-state index in [4.69, 9.17) is 11.6 Å². The molecule has 0 N–H and O–H groups in total. The Morgan fingerprint density at radius 1 is 0.605 bits per heavy atom. The number of fused-ring (bicyclic) bond motifs is 2. The average Bonchev–Trinajstić information content (AvgIpc) is 3.47. The van der Waals surface area contributed by atoms with E-state index in [1.807, 2.05) is 0 Å². The van der Waals surface area contributed by atoms with Crippen LogP contribution >= 0.6 is 11.6 Å². The van der Waals surface area contributed by atoms with Gasteiger partial charge in [-0.15, -0.1) is 0 Å². The fourth-order valence-corrected chi connectivity index (χ4v) is 40.2. The maximum absolute atomic E-state index is 7.32. The molecule has 0 spiro atoms. The van der Waals surface area contributed by atoms with Crippen LogP contribution in [-0.2, 0) is 18.9 Å². The molecule has 0 fully saturated rings. The second-order valence-corrected chi connectivity index (χ2v) is 36.2. The minimum atomic E-state index is -3.18. The third kappa shape index (κ3) is 4.03. The van der Waals surface area contributed by atoms with Crippen LogP contribution in [0.5, 0.6) is 0 Å². The number of alkyl halides is 1. The Morgan fingerprint density at radius 2 is 1.03 bits per heavy atom. The summed E-state index contributed by atoms with van der Waals surface area (Å²) in [7, 11) is 0. The minimum absolute atomic E-state index is 0.504. The van der Waals surface area contributed by atoms with Crippen LogP contribution in [-0.4, -0.2) is 9.02 Å². The van der Waals surface area contributed by atoms with Gasteiger partial charge in [0.05, 0.1) is 0 Å². The third-order valence-corrected chi connectivity index (χ3v) is 42.8. The van der Waals surface area contributed by atoms with Crippen LogP contribution in [0.15, 0.2) is 108 Å². The van der Waals surface area contributed by atoms with Gasteiger partial charge < -0.3 is 0 Å². The number of benzene rings is 4. The van der Waals surface area contributed by atoms with Gasteiger partial charge in [-0.2, -0.15) is 0 Å². The van der Waals surface area contributed by atoms with Crippen molar-refractivity contribution in [2.45, 2.75) is 34.2 Å². The molecule has 38 heavy (non-hydrogen) atoms. The van der Waals surface area contributed by atoms with Gasteiger partial charge in [0.15, 0.2) is 0 Å². The first-order valence-electron chi connectivity index (χ1n) is 13.6. The van der Waals surface area contributed by atoms with Gasteiger partial charge in [-0.1, -0.05) is 0 Å². The summed E-state index contributed by atoms with van der Waals surface area (Å²) in [5, 5.41) is 0. The predicted molar refractivity (Wildman–Crippen MR) is 165 cm³/mol.